The maximum Gasteiger partial charge on any atom is 0.573 e. The van der Waals surface area contributed by atoms with Crippen LogP contribution in [0.15, 0.2) is 59.1 Å². The number of aromatic nitrogens is 4. The van der Waals surface area contributed by atoms with Gasteiger partial charge in [0.1, 0.15) is 17.6 Å². The zero-order chi connectivity index (χ0) is 23.7. The van der Waals surface area contributed by atoms with Crippen molar-refractivity contribution >= 4 is 0 Å². The molecule has 11 heteroatoms. The van der Waals surface area contributed by atoms with Gasteiger partial charge in [0.25, 0.3) is 5.89 Å². The summed E-state index contributed by atoms with van der Waals surface area (Å²) in [6.45, 7) is 3.43. The maximum atomic E-state index is 12.3. The van der Waals surface area contributed by atoms with Crippen LogP contribution in [0.2, 0.25) is 0 Å². The number of benzene rings is 2. The van der Waals surface area contributed by atoms with Crippen LogP contribution < -0.4 is 9.47 Å². The van der Waals surface area contributed by atoms with E-state index in [1.54, 1.807) is 0 Å². The highest BCUT2D eigenvalue weighted by Gasteiger charge is 2.31. The number of hydrogen-bond acceptors (Lipinski definition) is 7. The molecule has 0 bridgehead atoms. The van der Waals surface area contributed by atoms with Gasteiger partial charge in [-0.05, 0) is 55.0 Å². The first-order chi connectivity index (χ1) is 16.4. The molecule has 176 valence electrons. The van der Waals surface area contributed by atoms with Crippen molar-refractivity contribution in [2.75, 3.05) is 6.61 Å². The number of nitrogens with zero attached hydrogens (tertiary/aromatic N) is 4. The largest absolute Gasteiger partial charge is 0.573 e. The molecule has 0 N–H and O–H groups in total. The van der Waals surface area contributed by atoms with Crippen molar-refractivity contribution < 1.29 is 31.9 Å². The highest BCUT2D eigenvalue weighted by molar-refractivity contribution is 5.59. The van der Waals surface area contributed by atoms with E-state index in [1.807, 2.05) is 41.9 Å². The molecule has 8 nitrogen and oxygen atoms in total. The van der Waals surface area contributed by atoms with E-state index in [0.29, 0.717) is 31.0 Å². The van der Waals surface area contributed by atoms with Crippen LogP contribution in [0.1, 0.15) is 24.3 Å². The Morgan fingerprint density at radius 3 is 2.50 bits per heavy atom. The van der Waals surface area contributed by atoms with E-state index in [9.17, 15) is 13.2 Å². The fourth-order valence-electron chi connectivity index (χ4n) is 3.63. The quantitative estimate of drug-likeness (QED) is 0.383. The first-order valence-corrected chi connectivity index (χ1v) is 10.5. The van der Waals surface area contributed by atoms with Crippen LogP contribution in [0.5, 0.6) is 11.5 Å². The zero-order valence-corrected chi connectivity index (χ0v) is 18.0. The second kappa shape index (κ2) is 8.82. The van der Waals surface area contributed by atoms with Gasteiger partial charge in [-0.1, -0.05) is 17.3 Å². The molecule has 0 amide bonds. The van der Waals surface area contributed by atoms with E-state index in [-0.39, 0.29) is 23.6 Å². The molecule has 3 heterocycles. The molecular weight excluding hydrogens is 453 g/mol. The third kappa shape index (κ3) is 4.74. The van der Waals surface area contributed by atoms with Crippen LogP contribution in [-0.4, -0.2) is 32.9 Å². The predicted octanol–water partition coefficient (Wildman–Crippen LogP) is 5.17. The molecule has 34 heavy (non-hydrogen) atoms. The molecule has 0 spiro atoms. The normalized spacial score (nSPS) is 15.7. The molecule has 0 radical (unpaired) electrons. The molecule has 0 fully saturated rings. The summed E-state index contributed by atoms with van der Waals surface area (Å²) >= 11 is 0. The number of rotatable bonds is 6. The van der Waals surface area contributed by atoms with Crippen molar-refractivity contribution in [3.63, 3.8) is 0 Å². The van der Waals surface area contributed by atoms with Gasteiger partial charge in [-0.2, -0.15) is 10.1 Å². The minimum Gasteiger partial charge on any atom is -0.494 e. The third-order valence-electron chi connectivity index (χ3n) is 5.19. The van der Waals surface area contributed by atoms with Crippen LogP contribution in [-0.2, 0) is 17.9 Å². The molecule has 0 saturated carbocycles. The zero-order valence-electron chi connectivity index (χ0n) is 18.0. The minimum absolute atomic E-state index is 0.161. The van der Waals surface area contributed by atoms with Crippen molar-refractivity contribution in [1.29, 1.82) is 0 Å². The number of fused-ring (bicyclic) bond motifs is 1. The SMILES string of the molecule is CCOc1ccc(C2Cn3nc(-c4nc(-c5ccc(OC(F)(F)F)cc5)no4)cc3CO2)cc1. The van der Waals surface area contributed by atoms with Gasteiger partial charge in [-0.3, -0.25) is 4.68 Å². The summed E-state index contributed by atoms with van der Waals surface area (Å²) in [6.07, 6.45) is -4.91. The third-order valence-corrected chi connectivity index (χ3v) is 5.19. The average Bonchev–Trinajstić information content (AvgIpc) is 3.46. The molecule has 0 saturated heterocycles. The number of ether oxygens (including phenoxy) is 3. The highest BCUT2D eigenvalue weighted by Crippen LogP contribution is 2.31. The van der Waals surface area contributed by atoms with Crippen molar-refractivity contribution in [1.82, 2.24) is 19.9 Å². The summed E-state index contributed by atoms with van der Waals surface area (Å²) in [6, 6.07) is 14.8. The Balaban J connectivity index is 1.30. The standard InChI is InChI=1S/C23H19F3N4O4/c1-2-31-17-7-3-14(4-8-17)20-12-30-16(13-32-20)11-19(28-30)22-27-21(29-34-22)15-5-9-18(10-6-15)33-23(24,25)26/h3-11,20H,2,12-13H2,1H3. The molecule has 2 aromatic carbocycles. The smallest absolute Gasteiger partial charge is 0.494 e. The van der Waals surface area contributed by atoms with Crippen molar-refractivity contribution in [3.05, 3.63) is 65.9 Å². The van der Waals surface area contributed by atoms with Crippen LogP contribution in [0.25, 0.3) is 23.0 Å². The summed E-state index contributed by atoms with van der Waals surface area (Å²) in [7, 11) is 0. The highest BCUT2D eigenvalue weighted by atomic mass is 19.4. The average molecular weight is 472 g/mol. The lowest BCUT2D eigenvalue weighted by Gasteiger charge is -2.24. The summed E-state index contributed by atoms with van der Waals surface area (Å²) in [5.74, 6) is 0.899. The van der Waals surface area contributed by atoms with Crippen LogP contribution >= 0.6 is 0 Å². The molecule has 1 unspecified atom stereocenters. The Morgan fingerprint density at radius 1 is 1.06 bits per heavy atom. The Morgan fingerprint density at radius 2 is 1.79 bits per heavy atom. The predicted molar refractivity (Wildman–Crippen MR) is 113 cm³/mol. The Labute approximate surface area is 191 Å². The van der Waals surface area contributed by atoms with E-state index >= 15 is 0 Å². The second-order valence-corrected chi connectivity index (χ2v) is 7.50. The van der Waals surface area contributed by atoms with Gasteiger partial charge in [0.15, 0.2) is 5.69 Å². The second-order valence-electron chi connectivity index (χ2n) is 7.50. The molecular formula is C23H19F3N4O4. The molecule has 4 aromatic rings. The lowest BCUT2D eigenvalue weighted by molar-refractivity contribution is -0.274. The van der Waals surface area contributed by atoms with Crippen LogP contribution in [0.3, 0.4) is 0 Å². The van der Waals surface area contributed by atoms with E-state index < -0.39 is 6.36 Å². The number of hydrogen-bond donors (Lipinski definition) is 0. The molecule has 1 aliphatic rings. The van der Waals surface area contributed by atoms with Crippen molar-refractivity contribution in [2.45, 2.75) is 32.5 Å². The Hall–Kier alpha value is -3.86. The monoisotopic (exact) mass is 472 g/mol. The van der Waals surface area contributed by atoms with Gasteiger partial charge in [-0.25, -0.2) is 0 Å². The number of halogens is 3. The topological polar surface area (TPSA) is 84.4 Å². The summed E-state index contributed by atoms with van der Waals surface area (Å²) in [5.41, 5.74) is 2.85. The first kappa shape index (κ1) is 22.0. The lowest BCUT2D eigenvalue weighted by atomic mass is 10.1. The molecule has 1 aliphatic heterocycles. The lowest BCUT2D eigenvalue weighted by Crippen LogP contribution is -2.21. The van der Waals surface area contributed by atoms with E-state index in [2.05, 4.69) is 20.0 Å². The van der Waals surface area contributed by atoms with Crippen molar-refractivity contribution in [3.8, 4) is 34.5 Å². The Kier molecular flexibility index (Phi) is 5.70. The van der Waals surface area contributed by atoms with Gasteiger partial charge in [0.05, 0.1) is 25.5 Å². The Bertz CT molecular complexity index is 1270. The molecule has 0 aliphatic carbocycles. The van der Waals surface area contributed by atoms with Crippen LogP contribution in [0.4, 0.5) is 13.2 Å². The minimum atomic E-state index is -4.75. The van der Waals surface area contributed by atoms with E-state index in [4.69, 9.17) is 14.0 Å². The molecule has 1 atom stereocenters. The van der Waals surface area contributed by atoms with E-state index in [1.165, 1.54) is 24.3 Å². The summed E-state index contributed by atoms with van der Waals surface area (Å²) < 4.78 is 59.5. The van der Waals surface area contributed by atoms with Crippen LogP contribution in [0, 0.1) is 0 Å². The fourth-order valence-corrected chi connectivity index (χ4v) is 3.63. The van der Waals surface area contributed by atoms with Gasteiger partial charge in [-0.15, -0.1) is 13.2 Å². The summed E-state index contributed by atoms with van der Waals surface area (Å²) in [4.78, 5) is 4.33. The van der Waals surface area contributed by atoms with E-state index in [0.717, 1.165) is 17.0 Å². The van der Waals surface area contributed by atoms with Gasteiger partial charge < -0.3 is 18.7 Å². The number of alkyl halides is 3. The molecule has 5 rings (SSSR count). The first-order valence-electron chi connectivity index (χ1n) is 10.5. The van der Waals surface area contributed by atoms with Gasteiger partial charge >= 0.3 is 6.36 Å². The maximum absolute atomic E-state index is 12.3. The van der Waals surface area contributed by atoms with Crippen molar-refractivity contribution in [2.24, 2.45) is 0 Å². The van der Waals surface area contributed by atoms with Gasteiger partial charge in [0, 0.05) is 5.56 Å². The summed E-state index contributed by atoms with van der Waals surface area (Å²) in [5, 5.41) is 8.49. The van der Waals surface area contributed by atoms with Gasteiger partial charge in [0.2, 0.25) is 5.82 Å². The fraction of sp³-hybridized carbons (Fsp3) is 0.261. The molecule has 2 aromatic heterocycles.